The van der Waals surface area contributed by atoms with E-state index in [0.29, 0.717) is 29.2 Å². The molecule has 7 heteroatoms. The van der Waals surface area contributed by atoms with Crippen LogP contribution in [0, 0.1) is 3.57 Å². The summed E-state index contributed by atoms with van der Waals surface area (Å²) in [5.41, 5.74) is 2.05. The van der Waals surface area contributed by atoms with E-state index in [0.717, 1.165) is 9.13 Å². The highest BCUT2D eigenvalue weighted by Gasteiger charge is 2.16. The van der Waals surface area contributed by atoms with Crippen LogP contribution in [0.3, 0.4) is 0 Å². The largest absolute Gasteiger partial charge is 0.493 e. The van der Waals surface area contributed by atoms with Crippen molar-refractivity contribution in [1.82, 2.24) is 10.2 Å². The number of rotatable bonds is 7. The molecular formula is C21H25IN2O4. The van der Waals surface area contributed by atoms with Crippen LogP contribution in [0.25, 0.3) is 0 Å². The number of halogens is 1. The van der Waals surface area contributed by atoms with Crippen molar-refractivity contribution >= 4 is 34.4 Å². The van der Waals surface area contributed by atoms with Crippen LogP contribution in [-0.2, 0) is 6.54 Å². The van der Waals surface area contributed by atoms with Gasteiger partial charge in [0.25, 0.3) is 11.8 Å². The summed E-state index contributed by atoms with van der Waals surface area (Å²) < 4.78 is 11.3. The Morgan fingerprint density at radius 3 is 2.18 bits per heavy atom. The fraction of sp³-hybridized carbons (Fsp3) is 0.333. The number of nitrogens with one attached hydrogen (secondary N) is 1. The maximum Gasteiger partial charge on any atom is 0.253 e. The molecule has 0 heterocycles. The molecule has 28 heavy (non-hydrogen) atoms. The van der Waals surface area contributed by atoms with Gasteiger partial charge in [-0.25, -0.2) is 0 Å². The van der Waals surface area contributed by atoms with Crippen molar-refractivity contribution in [3.63, 3.8) is 0 Å². The molecule has 0 saturated heterocycles. The lowest BCUT2D eigenvalue weighted by Crippen LogP contribution is -2.32. The quantitative estimate of drug-likeness (QED) is 0.594. The van der Waals surface area contributed by atoms with E-state index in [4.69, 9.17) is 9.47 Å². The number of methoxy groups -OCH3 is 2. The first-order chi connectivity index (χ1) is 13.3. The molecular weight excluding hydrogens is 471 g/mol. The number of ether oxygens (including phenoxy) is 2. The second-order valence-corrected chi connectivity index (χ2v) is 7.74. The molecule has 0 aromatic heterocycles. The summed E-state index contributed by atoms with van der Waals surface area (Å²) in [7, 11) is 4.87. The fourth-order valence-corrected chi connectivity index (χ4v) is 3.19. The lowest BCUT2D eigenvalue weighted by Gasteiger charge is -2.21. The third kappa shape index (κ3) is 5.15. The van der Waals surface area contributed by atoms with Crippen LogP contribution in [0.5, 0.6) is 11.5 Å². The number of amides is 2. The fourth-order valence-electron chi connectivity index (χ4n) is 2.51. The summed E-state index contributed by atoms with van der Waals surface area (Å²) in [6, 6.07) is 10.8. The van der Waals surface area contributed by atoms with Gasteiger partial charge in [0.1, 0.15) is 0 Å². The Bertz CT molecular complexity index is 850. The molecule has 0 bridgehead atoms. The van der Waals surface area contributed by atoms with E-state index < -0.39 is 0 Å². The lowest BCUT2D eigenvalue weighted by molar-refractivity contribution is 0.0754. The molecule has 1 N–H and O–H groups in total. The summed E-state index contributed by atoms with van der Waals surface area (Å²) in [4.78, 5) is 26.6. The van der Waals surface area contributed by atoms with Crippen LogP contribution in [-0.4, -0.2) is 44.0 Å². The number of carbonyl (C=O) groups excluding carboxylic acids is 2. The van der Waals surface area contributed by atoms with Gasteiger partial charge in [-0.05, 0) is 66.3 Å². The van der Waals surface area contributed by atoms with Crippen molar-refractivity contribution in [3.8, 4) is 11.5 Å². The first-order valence-corrected chi connectivity index (χ1v) is 9.92. The molecule has 0 spiro atoms. The maximum atomic E-state index is 12.6. The van der Waals surface area contributed by atoms with Crippen molar-refractivity contribution in [2.75, 3.05) is 21.3 Å². The minimum Gasteiger partial charge on any atom is -0.493 e. The Kier molecular flexibility index (Phi) is 7.68. The maximum absolute atomic E-state index is 12.6. The highest BCUT2D eigenvalue weighted by Crippen LogP contribution is 2.31. The molecule has 0 unspecified atom stereocenters. The van der Waals surface area contributed by atoms with E-state index in [-0.39, 0.29) is 17.9 Å². The summed E-state index contributed by atoms with van der Waals surface area (Å²) >= 11 is 2.10. The summed E-state index contributed by atoms with van der Waals surface area (Å²) in [6.45, 7) is 4.30. The summed E-state index contributed by atoms with van der Waals surface area (Å²) in [5, 5.41) is 2.90. The molecule has 2 aromatic carbocycles. The molecule has 2 aromatic rings. The smallest absolute Gasteiger partial charge is 0.253 e. The van der Waals surface area contributed by atoms with Crippen LogP contribution in [0.4, 0.5) is 0 Å². The number of carbonyl (C=O) groups is 2. The van der Waals surface area contributed by atoms with Gasteiger partial charge < -0.3 is 19.7 Å². The molecule has 0 saturated carbocycles. The second-order valence-electron chi connectivity index (χ2n) is 6.58. The number of hydrogen-bond acceptors (Lipinski definition) is 4. The van der Waals surface area contributed by atoms with Crippen molar-refractivity contribution < 1.29 is 19.1 Å². The van der Waals surface area contributed by atoms with Gasteiger partial charge in [0.15, 0.2) is 11.5 Å². The Balaban J connectivity index is 2.06. The van der Waals surface area contributed by atoms with Crippen molar-refractivity contribution in [2.24, 2.45) is 0 Å². The van der Waals surface area contributed by atoms with Crippen LogP contribution in [0.15, 0.2) is 36.4 Å². The molecule has 0 fully saturated rings. The van der Waals surface area contributed by atoms with Gasteiger partial charge in [-0.3, -0.25) is 9.59 Å². The predicted octanol–water partition coefficient (Wildman–Crippen LogP) is 3.72. The van der Waals surface area contributed by atoms with Crippen molar-refractivity contribution in [1.29, 1.82) is 0 Å². The average Bonchev–Trinajstić information content (AvgIpc) is 2.70. The molecule has 0 atom stereocenters. The molecule has 6 nitrogen and oxygen atoms in total. The Morgan fingerprint density at radius 2 is 1.64 bits per heavy atom. The van der Waals surface area contributed by atoms with Gasteiger partial charge in [0.2, 0.25) is 0 Å². The van der Waals surface area contributed by atoms with Gasteiger partial charge in [-0.15, -0.1) is 0 Å². The zero-order valence-electron chi connectivity index (χ0n) is 16.7. The van der Waals surface area contributed by atoms with Crippen LogP contribution >= 0.6 is 22.6 Å². The van der Waals surface area contributed by atoms with Crippen molar-refractivity contribution in [2.45, 2.75) is 26.4 Å². The third-order valence-electron chi connectivity index (χ3n) is 4.47. The topological polar surface area (TPSA) is 67.9 Å². The van der Waals surface area contributed by atoms with Crippen molar-refractivity contribution in [3.05, 3.63) is 56.7 Å². The lowest BCUT2D eigenvalue weighted by atomic mass is 10.1. The molecule has 0 aliphatic heterocycles. The Morgan fingerprint density at radius 1 is 1.07 bits per heavy atom. The summed E-state index contributed by atoms with van der Waals surface area (Å²) in [6.07, 6.45) is 0. The minimum atomic E-state index is -0.204. The van der Waals surface area contributed by atoms with Gasteiger partial charge in [0, 0.05) is 28.8 Å². The number of benzene rings is 2. The highest BCUT2D eigenvalue weighted by molar-refractivity contribution is 14.1. The Labute approximate surface area is 179 Å². The predicted molar refractivity (Wildman–Crippen MR) is 117 cm³/mol. The third-order valence-corrected chi connectivity index (χ3v) is 5.36. The van der Waals surface area contributed by atoms with Crippen LogP contribution < -0.4 is 14.8 Å². The zero-order chi connectivity index (χ0) is 20.8. The first kappa shape index (κ1) is 22.0. The van der Waals surface area contributed by atoms with E-state index >= 15 is 0 Å². The zero-order valence-corrected chi connectivity index (χ0v) is 18.9. The normalized spacial score (nSPS) is 10.5. The van der Waals surface area contributed by atoms with E-state index in [1.807, 2.05) is 26.0 Å². The molecule has 0 aliphatic rings. The minimum absolute atomic E-state index is 0.0227. The second kappa shape index (κ2) is 9.77. The van der Waals surface area contributed by atoms with E-state index in [2.05, 4.69) is 27.9 Å². The summed E-state index contributed by atoms with van der Waals surface area (Å²) in [5.74, 6) is 0.857. The van der Waals surface area contributed by atoms with Gasteiger partial charge >= 0.3 is 0 Å². The van der Waals surface area contributed by atoms with Gasteiger partial charge in [-0.1, -0.05) is 12.1 Å². The standard InChI is InChI=1S/C21H25IN2O4/c1-13(2)24(3)21(26)15-8-6-14(7-9-15)12-23-20(25)16-10-18(27-4)19(28-5)11-17(16)22/h6-11,13H,12H2,1-5H3,(H,23,25). The highest BCUT2D eigenvalue weighted by atomic mass is 127. The monoisotopic (exact) mass is 496 g/mol. The molecule has 2 amide bonds. The molecule has 0 aliphatic carbocycles. The van der Waals surface area contributed by atoms with Gasteiger partial charge in [0.05, 0.1) is 19.8 Å². The Hall–Kier alpha value is -2.29. The van der Waals surface area contributed by atoms with Gasteiger partial charge in [-0.2, -0.15) is 0 Å². The van der Waals surface area contributed by atoms with Crippen LogP contribution in [0.2, 0.25) is 0 Å². The van der Waals surface area contributed by atoms with Crippen LogP contribution in [0.1, 0.15) is 40.1 Å². The van der Waals surface area contributed by atoms with E-state index in [1.165, 1.54) is 7.11 Å². The molecule has 150 valence electrons. The first-order valence-electron chi connectivity index (χ1n) is 8.84. The molecule has 2 rings (SSSR count). The van der Waals surface area contributed by atoms with E-state index in [1.54, 1.807) is 43.3 Å². The average molecular weight is 496 g/mol. The number of hydrogen-bond donors (Lipinski definition) is 1. The number of nitrogens with zero attached hydrogens (tertiary/aromatic N) is 1. The molecule has 0 radical (unpaired) electrons. The van der Waals surface area contributed by atoms with E-state index in [9.17, 15) is 9.59 Å². The SMILES string of the molecule is COc1cc(I)c(C(=O)NCc2ccc(C(=O)N(C)C(C)C)cc2)cc1OC.